The minimum absolute atomic E-state index is 0.398. The van der Waals surface area contributed by atoms with Crippen LogP contribution in [0.3, 0.4) is 0 Å². The highest BCUT2D eigenvalue weighted by Crippen LogP contribution is 2.16. The molecule has 1 atom stereocenters. The third-order valence-corrected chi connectivity index (χ3v) is 2.97. The number of esters is 1. The van der Waals surface area contributed by atoms with Crippen molar-refractivity contribution in [3.05, 3.63) is 23.2 Å². The number of aliphatic hydroxyl groups is 1. The molecule has 5 heteroatoms. The zero-order valence-corrected chi connectivity index (χ0v) is 12.1. The van der Waals surface area contributed by atoms with Gasteiger partial charge in [-0.05, 0) is 26.3 Å². The van der Waals surface area contributed by atoms with E-state index < -0.39 is 11.6 Å². The minimum atomic E-state index is -0.721. The van der Waals surface area contributed by atoms with Crippen LogP contribution in [0.5, 0.6) is 0 Å². The molecule has 1 unspecified atom stereocenters. The van der Waals surface area contributed by atoms with Gasteiger partial charge in [-0.1, -0.05) is 13.3 Å². The third kappa shape index (κ3) is 4.69. The van der Waals surface area contributed by atoms with Gasteiger partial charge in [0, 0.05) is 6.54 Å². The summed E-state index contributed by atoms with van der Waals surface area (Å²) in [7, 11) is 1.34. The van der Waals surface area contributed by atoms with Crippen LogP contribution in [0.4, 0.5) is 0 Å². The average Bonchev–Trinajstić information content (AvgIpc) is 2.69. The summed E-state index contributed by atoms with van der Waals surface area (Å²) in [6.45, 7) is 6.51. The van der Waals surface area contributed by atoms with Crippen LogP contribution < -0.4 is 5.32 Å². The first kappa shape index (κ1) is 15.7. The number of carbonyl (C=O) groups is 1. The Bertz CT molecular complexity index is 423. The highest BCUT2D eigenvalue weighted by Gasteiger charge is 2.19. The second-order valence-electron chi connectivity index (χ2n) is 5.02. The van der Waals surface area contributed by atoms with Gasteiger partial charge < -0.3 is 19.6 Å². The fourth-order valence-electron chi connectivity index (χ4n) is 2.03. The normalized spacial score (nSPS) is 14.2. The molecule has 5 nitrogen and oxygen atoms in total. The van der Waals surface area contributed by atoms with E-state index in [1.54, 1.807) is 19.9 Å². The van der Waals surface area contributed by atoms with Crippen molar-refractivity contribution in [3.63, 3.8) is 0 Å². The van der Waals surface area contributed by atoms with E-state index >= 15 is 0 Å². The Balaban J connectivity index is 2.53. The van der Waals surface area contributed by atoms with Gasteiger partial charge in [0.25, 0.3) is 0 Å². The van der Waals surface area contributed by atoms with Crippen molar-refractivity contribution in [1.82, 2.24) is 5.32 Å². The predicted molar refractivity (Wildman–Crippen MR) is 72.0 cm³/mol. The number of ether oxygens (including phenoxy) is 1. The molecular formula is C14H23NO4. The highest BCUT2D eigenvalue weighted by molar-refractivity contribution is 5.90. The molecule has 2 N–H and O–H groups in total. The number of methoxy groups -OCH3 is 1. The van der Waals surface area contributed by atoms with Crippen LogP contribution in [0, 0.1) is 6.92 Å². The number of carbonyl (C=O) groups excluding carboxylic acids is 1. The summed E-state index contributed by atoms with van der Waals surface area (Å²) < 4.78 is 10.1. The predicted octanol–water partition coefficient (Wildman–Crippen LogP) is 2.02. The largest absolute Gasteiger partial charge is 0.465 e. The summed E-state index contributed by atoms with van der Waals surface area (Å²) in [5, 5.41) is 13.1. The summed E-state index contributed by atoms with van der Waals surface area (Å²) in [5.41, 5.74) is -0.277. The topological polar surface area (TPSA) is 71.7 Å². The molecule has 0 saturated heterocycles. The van der Waals surface area contributed by atoms with Crippen molar-refractivity contribution in [2.75, 3.05) is 13.7 Å². The quantitative estimate of drug-likeness (QED) is 0.741. The Labute approximate surface area is 113 Å². The van der Waals surface area contributed by atoms with Gasteiger partial charge >= 0.3 is 5.97 Å². The fraction of sp³-hybridized carbons (Fsp3) is 0.643. The van der Waals surface area contributed by atoms with Crippen molar-refractivity contribution in [2.24, 2.45) is 0 Å². The zero-order chi connectivity index (χ0) is 14.5. The van der Waals surface area contributed by atoms with Gasteiger partial charge in [-0.2, -0.15) is 0 Å². The van der Waals surface area contributed by atoms with E-state index in [9.17, 15) is 9.90 Å². The molecular weight excluding hydrogens is 246 g/mol. The van der Waals surface area contributed by atoms with Crippen molar-refractivity contribution in [2.45, 2.75) is 45.8 Å². The molecule has 1 aromatic rings. The Morgan fingerprint density at radius 1 is 1.58 bits per heavy atom. The number of hydrogen-bond acceptors (Lipinski definition) is 5. The molecule has 1 heterocycles. The van der Waals surface area contributed by atoms with Crippen LogP contribution in [0.2, 0.25) is 0 Å². The van der Waals surface area contributed by atoms with Gasteiger partial charge in [-0.15, -0.1) is 0 Å². The van der Waals surface area contributed by atoms with E-state index in [1.807, 2.05) is 6.92 Å². The monoisotopic (exact) mass is 269 g/mol. The molecule has 0 amide bonds. The summed E-state index contributed by atoms with van der Waals surface area (Å²) in [6.07, 6.45) is 1.67. The van der Waals surface area contributed by atoms with Crippen LogP contribution in [-0.2, 0) is 11.3 Å². The van der Waals surface area contributed by atoms with Gasteiger partial charge in [0.2, 0.25) is 0 Å². The van der Waals surface area contributed by atoms with Crippen molar-refractivity contribution in [1.29, 1.82) is 0 Å². The van der Waals surface area contributed by atoms with Crippen molar-refractivity contribution in [3.8, 4) is 0 Å². The maximum atomic E-state index is 11.4. The van der Waals surface area contributed by atoms with Gasteiger partial charge in [0.05, 0.1) is 19.3 Å². The molecule has 108 valence electrons. The molecule has 19 heavy (non-hydrogen) atoms. The van der Waals surface area contributed by atoms with E-state index in [0.717, 1.165) is 12.8 Å². The first-order valence-electron chi connectivity index (χ1n) is 6.50. The number of hydrogen-bond donors (Lipinski definition) is 2. The van der Waals surface area contributed by atoms with Crippen molar-refractivity contribution < 1.29 is 19.1 Å². The second-order valence-corrected chi connectivity index (χ2v) is 5.02. The molecule has 0 saturated carbocycles. The standard InChI is InChI=1S/C14H23NO4/c1-5-6-14(3,17)9-15-8-11-7-12(10(2)19-11)13(16)18-4/h7,15,17H,5-6,8-9H2,1-4H3. The Hall–Kier alpha value is -1.33. The summed E-state index contributed by atoms with van der Waals surface area (Å²) >= 11 is 0. The molecule has 0 fully saturated rings. The molecule has 0 aliphatic heterocycles. The molecule has 1 aromatic heterocycles. The molecule has 0 spiro atoms. The number of aryl methyl sites for hydroxylation is 1. The van der Waals surface area contributed by atoms with Crippen LogP contribution in [0.15, 0.2) is 10.5 Å². The lowest BCUT2D eigenvalue weighted by Crippen LogP contribution is -2.37. The van der Waals surface area contributed by atoms with Gasteiger partial charge in [-0.25, -0.2) is 4.79 Å². The van der Waals surface area contributed by atoms with Crippen molar-refractivity contribution >= 4 is 5.97 Å². The summed E-state index contributed by atoms with van der Waals surface area (Å²) in [4.78, 5) is 11.4. The summed E-state index contributed by atoms with van der Waals surface area (Å²) in [6, 6.07) is 1.67. The van der Waals surface area contributed by atoms with Gasteiger partial charge in [-0.3, -0.25) is 0 Å². The highest BCUT2D eigenvalue weighted by atomic mass is 16.5. The smallest absolute Gasteiger partial charge is 0.341 e. The van der Waals surface area contributed by atoms with E-state index in [-0.39, 0.29) is 0 Å². The van der Waals surface area contributed by atoms with Crippen LogP contribution in [0.25, 0.3) is 0 Å². The van der Waals surface area contributed by atoms with Gasteiger partial charge in [0.15, 0.2) is 0 Å². The number of furan rings is 1. The SMILES string of the molecule is CCCC(C)(O)CNCc1cc(C(=O)OC)c(C)o1. The molecule has 0 aromatic carbocycles. The molecule has 1 rings (SSSR count). The maximum absolute atomic E-state index is 11.4. The number of nitrogens with one attached hydrogen (secondary N) is 1. The van der Waals surface area contributed by atoms with Crippen LogP contribution in [0.1, 0.15) is 48.6 Å². The molecule has 0 radical (unpaired) electrons. The van der Waals surface area contributed by atoms with Gasteiger partial charge in [0.1, 0.15) is 17.1 Å². The lowest BCUT2D eigenvalue weighted by Gasteiger charge is -2.22. The minimum Gasteiger partial charge on any atom is -0.465 e. The molecule has 0 aliphatic rings. The van der Waals surface area contributed by atoms with E-state index in [2.05, 4.69) is 10.1 Å². The van der Waals surface area contributed by atoms with Crippen LogP contribution >= 0.6 is 0 Å². The second kappa shape index (κ2) is 6.73. The average molecular weight is 269 g/mol. The van der Waals surface area contributed by atoms with E-state index in [0.29, 0.717) is 30.2 Å². The first-order chi connectivity index (χ1) is 8.89. The number of rotatable bonds is 7. The van der Waals surface area contributed by atoms with E-state index in [1.165, 1.54) is 7.11 Å². The van der Waals surface area contributed by atoms with E-state index in [4.69, 9.17) is 4.42 Å². The lowest BCUT2D eigenvalue weighted by atomic mass is 10.0. The zero-order valence-electron chi connectivity index (χ0n) is 12.1. The van der Waals surface area contributed by atoms with Crippen LogP contribution in [-0.4, -0.2) is 30.3 Å². The summed E-state index contributed by atoms with van der Waals surface area (Å²) in [5.74, 6) is 0.805. The first-order valence-corrected chi connectivity index (χ1v) is 6.50. The Morgan fingerprint density at radius 3 is 2.84 bits per heavy atom. The maximum Gasteiger partial charge on any atom is 0.341 e. The Kier molecular flexibility index (Phi) is 5.57. The third-order valence-electron chi connectivity index (χ3n) is 2.97. The molecule has 0 bridgehead atoms. The lowest BCUT2D eigenvalue weighted by molar-refractivity contribution is 0.0493. The molecule has 0 aliphatic carbocycles. The fourth-order valence-corrected chi connectivity index (χ4v) is 2.03. The Morgan fingerprint density at radius 2 is 2.26 bits per heavy atom.